The van der Waals surface area contributed by atoms with Crippen molar-refractivity contribution in [2.24, 2.45) is 0 Å². The van der Waals surface area contributed by atoms with E-state index >= 15 is 0 Å². The first-order valence-electron chi connectivity index (χ1n) is 11.1. The van der Waals surface area contributed by atoms with Gasteiger partial charge in [0.15, 0.2) is 6.61 Å². The maximum Gasteiger partial charge on any atom is 0.306 e. The Labute approximate surface area is 179 Å². The van der Waals surface area contributed by atoms with E-state index in [0.29, 0.717) is 12.2 Å². The lowest BCUT2D eigenvalue weighted by molar-refractivity contribution is -0.153. The summed E-state index contributed by atoms with van der Waals surface area (Å²) in [7, 11) is 0. The van der Waals surface area contributed by atoms with Gasteiger partial charge in [-0.1, -0.05) is 6.92 Å². The van der Waals surface area contributed by atoms with Crippen molar-refractivity contribution in [1.29, 1.82) is 0 Å². The van der Waals surface area contributed by atoms with Gasteiger partial charge in [0.1, 0.15) is 10.7 Å². The van der Waals surface area contributed by atoms with Crippen LogP contribution >= 0.6 is 11.3 Å². The molecule has 30 heavy (non-hydrogen) atoms. The Morgan fingerprint density at radius 2 is 2.07 bits per heavy atom. The Morgan fingerprint density at radius 3 is 2.90 bits per heavy atom. The number of ether oxygens (including phenoxy) is 1. The van der Waals surface area contributed by atoms with E-state index in [1.165, 1.54) is 4.88 Å². The van der Waals surface area contributed by atoms with Crippen LogP contribution in [0.3, 0.4) is 0 Å². The van der Waals surface area contributed by atoms with E-state index in [2.05, 4.69) is 16.9 Å². The molecular formula is C22H29N3O4S. The van der Waals surface area contributed by atoms with Crippen LogP contribution in [0, 0.1) is 0 Å². The van der Waals surface area contributed by atoms with Crippen LogP contribution in [0.25, 0.3) is 10.2 Å². The molecule has 0 saturated carbocycles. The number of fused-ring (bicyclic) bond motifs is 3. The molecule has 2 aliphatic rings. The number of carbonyl (C=O) groups is 2. The van der Waals surface area contributed by atoms with Crippen LogP contribution in [0.2, 0.25) is 0 Å². The number of nitrogens with zero attached hydrogens (tertiary/aromatic N) is 2. The second-order valence-corrected chi connectivity index (χ2v) is 9.29. The standard InChI is InChI=1S/C22H29N3O4S/c1-2-14-7-5-6-12-25(14)18(26)13-29-19(27)11-10-17-23-21(28)20-15-8-3-4-9-16(15)30-22(20)24-17/h14H,2-13H2,1H3,(H,23,24,28). The van der Waals surface area contributed by atoms with E-state index in [-0.39, 0.29) is 30.5 Å². The van der Waals surface area contributed by atoms with E-state index in [9.17, 15) is 14.4 Å². The highest BCUT2D eigenvalue weighted by atomic mass is 32.1. The summed E-state index contributed by atoms with van der Waals surface area (Å²) in [6, 6.07) is 0.252. The van der Waals surface area contributed by atoms with Gasteiger partial charge in [0.25, 0.3) is 11.5 Å². The molecule has 0 aromatic carbocycles. The van der Waals surface area contributed by atoms with Gasteiger partial charge in [0, 0.05) is 23.9 Å². The van der Waals surface area contributed by atoms with Gasteiger partial charge in [0.2, 0.25) is 0 Å². The summed E-state index contributed by atoms with van der Waals surface area (Å²) in [6.07, 6.45) is 8.70. The maximum absolute atomic E-state index is 12.6. The summed E-state index contributed by atoms with van der Waals surface area (Å²) in [4.78, 5) is 48.4. The van der Waals surface area contributed by atoms with Crippen LogP contribution in [-0.4, -0.2) is 45.9 Å². The molecule has 162 valence electrons. The van der Waals surface area contributed by atoms with Gasteiger partial charge >= 0.3 is 5.97 Å². The molecule has 0 bridgehead atoms. The fourth-order valence-electron chi connectivity index (χ4n) is 4.60. The minimum atomic E-state index is -0.443. The third-order valence-electron chi connectivity index (χ3n) is 6.22. The number of hydrogen-bond acceptors (Lipinski definition) is 6. The summed E-state index contributed by atoms with van der Waals surface area (Å²) in [5, 5.41) is 0.721. The number of rotatable bonds is 6. The summed E-state index contributed by atoms with van der Waals surface area (Å²) < 4.78 is 5.21. The minimum Gasteiger partial charge on any atom is -0.456 e. The van der Waals surface area contributed by atoms with Crippen molar-refractivity contribution in [1.82, 2.24) is 14.9 Å². The Hall–Kier alpha value is -2.22. The quantitative estimate of drug-likeness (QED) is 0.710. The second-order valence-electron chi connectivity index (χ2n) is 8.21. The van der Waals surface area contributed by atoms with Crippen molar-refractivity contribution in [2.45, 2.75) is 77.2 Å². The average Bonchev–Trinajstić information content (AvgIpc) is 3.14. The smallest absolute Gasteiger partial charge is 0.306 e. The molecule has 1 unspecified atom stereocenters. The van der Waals surface area contributed by atoms with Crippen LogP contribution in [0.1, 0.15) is 68.1 Å². The normalized spacial score (nSPS) is 19.0. The average molecular weight is 432 g/mol. The Balaban J connectivity index is 1.33. The number of aromatic amines is 1. The van der Waals surface area contributed by atoms with Gasteiger partial charge < -0.3 is 14.6 Å². The molecular weight excluding hydrogens is 402 g/mol. The van der Waals surface area contributed by atoms with Crippen LogP contribution < -0.4 is 5.56 Å². The van der Waals surface area contributed by atoms with Crippen molar-refractivity contribution in [3.63, 3.8) is 0 Å². The summed E-state index contributed by atoms with van der Waals surface area (Å²) >= 11 is 1.60. The van der Waals surface area contributed by atoms with Crippen LogP contribution in [0.5, 0.6) is 0 Å². The van der Waals surface area contributed by atoms with E-state index < -0.39 is 5.97 Å². The predicted molar refractivity (Wildman–Crippen MR) is 116 cm³/mol. The van der Waals surface area contributed by atoms with Gasteiger partial charge in [-0.25, -0.2) is 4.98 Å². The lowest BCUT2D eigenvalue weighted by atomic mass is 9.97. The summed E-state index contributed by atoms with van der Waals surface area (Å²) in [6.45, 7) is 2.61. The van der Waals surface area contributed by atoms with E-state index in [1.807, 2.05) is 4.90 Å². The number of esters is 1. The van der Waals surface area contributed by atoms with Crippen molar-refractivity contribution < 1.29 is 14.3 Å². The van der Waals surface area contributed by atoms with Crippen molar-refractivity contribution in [3.05, 3.63) is 26.6 Å². The highest BCUT2D eigenvalue weighted by Gasteiger charge is 2.26. The zero-order chi connectivity index (χ0) is 21.1. The highest BCUT2D eigenvalue weighted by Crippen LogP contribution is 2.33. The number of amides is 1. The fourth-order valence-corrected chi connectivity index (χ4v) is 5.88. The third-order valence-corrected chi connectivity index (χ3v) is 7.40. The number of aromatic nitrogens is 2. The molecule has 1 atom stereocenters. The Kier molecular flexibility index (Phi) is 6.51. The zero-order valence-corrected chi connectivity index (χ0v) is 18.3. The lowest BCUT2D eigenvalue weighted by Gasteiger charge is -2.35. The SMILES string of the molecule is CCC1CCCCN1C(=O)COC(=O)CCc1nc2sc3c(c2c(=O)[nH]1)CCCC3. The van der Waals surface area contributed by atoms with Gasteiger partial charge in [-0.2, -0.15) is 0 Å². The Bertz CT molecular complexity index is 996. The number of nitrogens with one attached hydrogen (secondary N) is 1. The molecule has 1 amide bonds. The molecule has 4 rings (SSSR count). The molecule has 1 saturated heterocycles. The van der Waals surface area contributed by atoms with Crippen LogP contribution in [-0.2, 0) is 33.6 Å². The van der Waals surface area contributed by atoms with E-state index in [4.69, 9.17) is 4.74 Å². The molecule has 3 heterocycles. The molecule has 0 spiro atoms. The molecule has 1 aliphatic heterocycles. The number of thiophene rings is 1. The third kappa shape index (κ3) is 4.43. The maximum atomic E-state index is 12.6. The summed E-state index contributed by atoms with van der Waals surface area (Å²) in [5.41, 5.74) is 1.04. The Morgan fingerprint density at radius 1 is 1.23 bits per heavy atom. The molecule has 1 N–H and O–H groups in total. The molecule has 0 radical (unpaired) electrons. The van der Waals surface area contributed by atoms with E-state index in [1.54, 1.807) is 11.3 Å². The van der Waals surface area contributed by atoms with Crippen molar-refractivity contribution >= 4 is 33.4 Å². The van der Waals surface area contributed by atoms with E-state index in [0.717, 1.165) is 73.7 Å². The number of hydrogen-bond donors (Lipinski definition) is 1. The number of H-pyrrole nitrogens is 1. The first-order valence-corrected chi connectivity index (χ1v) is 11.9. The van der Waals surface area contributed by atoms with Crippen molar-refractivity contribution in [3.8, 4) is 0 Å². The van der Waals surface area contributed by atoms with Crippen LogP contribution in [0.15, 0.2) is 4.79 Å². The number of piperidine rings is 1. The van der Waals surface area contributed by atoms with Gasteiger partial charge in [0.05, 0.1) is 11.8 Å². The zero-order valence-electron chi connectivity index (χ0n) is 17.5. The molecule has 7 nitrogen and oxygen atoms in total. The lowest BCUT2D eigenvalue weighted by Crippen LogP contribution is -2.45. The molecule has 8 heteroatoms. The number of carbonyl (C=O) groups excluding carboxylic acids is 2. The predicted octanol–water partition coefficient (Wildman–Crippen LogP) is 3.13. The van der Waals surface area contributed by atoms with Gasteiger partial charge in [-0.05, 0) is 56.9 Å². The molecule has 2 aromatic rings. The fraction of sp³-hybridized carbons (Fsp3) is 0.636. The van der Waals surface area contributed by atoms with Gasteiger partial charge in [-0.15, -0.1) is 11.3 Å². The molecule has 1 aliphatic carbocycles. The molecule has 1 fully saturated rings. The van der Waals surface area contributed by atoms with Crippen LogP contribution in [0.4, 0.5) is 0 Å². The summed E-state index contributed by atoms with van der Waals surface area (Å²) in [5.74, 6) is -0.0647. The largest absolute Gasteiger partial charge is 0.456 e. The highest BCUT2D eigenvalue weighted by molar-refractivity contribution is 7.18. The number of aryl methyl sites for hydroxylation is 3. The first kappa shape index (κ1) is 21.0. The van der Waals surface area contributed by atoms with Crippen molar-refractivity contribution in [2.75, 3.05) is 13.2 Å². The minimum absolute atomic E-state index is 0.0873. The molecule has 2 aromatic heterocycles. The topological polar surface area (TPSA) is 92.4 Å². The second kappa shape index (κ2) is 9.29. The monoisotopic (exact) mass is 431 g/mol. The number of likely N-dealkylation sites (tertiary alicyclic amines) is 1. The van der Waals surface area contributed by atoms with Gasteiger partial charge in [-0.3, -0.25) is 14.4 Å². The first-order chi connectivity index (χ1) is 14.6.